The molecule has 2 atom stereocenters. The number of piperidine rings is 2. The number of nitrogens with one attached hydrogen (secondary N) is 1. The van der Waals surface area contributed by atoms with Crippen molar-refractivity contribution in [2.45, 2.75) is 76.9 Å². The van der Waals surface area contributed by atoms with E-state index in [1.54, 1.807) is 16.8 Å². The van der Waals surface area contributed by atoms with Gasteiger partial charge in [-0.3, -0.25) is 0 Å². The summed E-state index contributed by atoms with van der Waals surface area (Å²) in [7, 11) is 2.13. The molecule has 1 N–H and O–H groups in total. The van der Waals surface area contributed by atoms with Gasteiger partial charge in [-0.2, -0.15) is 0 Å². The molecule has 3 rings (SSSR count). The van der Waals surface area contributed by atoms with Gasteiger partial charge in [-0.25, -0.2) is 0 Å². The molecule has 2 aliphatic heterocycles. The van der Waals surface area contributed by atoms with Crippen molar-refractivity contribution in [3.8, 4) is 0 Å². The predicted molar refractivity (Wildman–Crippen MR) is 91.2 cm³/mol. The lowest BCUT2D eigenvalue weighted by Crippen LogP contribution is -2.56. The molecule has 2 aliphatic rings. The largest absolute Gasteiger partial charge is 0.365 e. The van der Waals surface area contributed by atoms with Crippen molar-refractivity contribution < 1.29 is 0 Å². The highest BCUT2D eigenvalue weighted by Gasteiger charge is 2.39. The molecule has 2 nitrogen and oxygen atoms in total. The molecule has 0 aliphatic carbocycles. The maximum Gasteiger partial charge on any atom is 0.0436 e. The van der Waals surface area contributed by atoms with E-state index in [4.69, 9.17) is 0 Å². The van der Waals surface area contributed by atoms with Crippen molar-refractivity contribution in [3.05, 3.63) is 29.3 Å². The Balaban J connectivity index is 2.00. The minimum absolute atomic E-state index is 0.718. The molecule has 116 valence electrons. The third-order valence-corrected chi connectivity index (χ3v) is 5.61. The molecule has 2 saturated heterocycles. The summed E-state index contributed by atoms with van der Waals surface area (Å²) in [5, 5.41) is 3.54. The lowest BCUT2D eigenvalue weighted by atomic mass is 9.80. The highest BCUT2D eigenvalue weighted by atomic mass is 15.2. The maximum absolute atomic E-state index is 3.54. The lowest BCUT2D eigenvalue weighted by Gasteiger charge is -2.51. The number of benzene rings is 1. The summed E-state index contributed by atoms with van der Waals surface area (Å²) in [6.07, 6.45) is 9.08. The number of hydrogen-bond donors (Lipinski definition) is 1. The minimum atomic E-state index is 0.718. The van der Waals surface area contributed by atoms with E-state index in [9.17, 15) is 0 Å². The Kier molecular flexibility index (Phi) is 4.54. The van der Waals surface area contributed by atoms with Crippen molar-refractivity contribution in [2.24, 2.45) is 0 Å². The summed E-state index contributed by atoms with van der Waals surface area (Å²) >= 11 is 0. The first-order valence-corrected chi connectivity index (χ1v) is 8.84. The Hall–Kier alpha value is -1.02. The van der Waals surface area contributed by atoms with E-state index in [1.807, 2.05) is 0 Å². The third-order valence-electron chi connectivity index (χ3n) is 5.61. The zero-order chi connectivity index (χ0) is 14.8. The van der Waals surface area contributed by atoms with Crippen LogP contribution in [0.5, 0.6) is 0 Å². The van der Waals surface area contributed by atoms with Gasteiger partial charge in [0.2, 0.25) is 0 Å². The first-order chi connectivity index (χ1) is 10.3. The average Bonchev–Trinajstić information content (AvgIpc) is 2.52. The maximum atomic E-state index is 3.54. The Morgan fingerprint density at radius 2 is 1.62 bits per heavy atom. The second kappa shape index (κ2) is 6.39. The van der Waals surface area contributed by atoms with Gasteiger partial charge in [0.1, 0.15) is 0 Å². The van der Waals surface area contributed by atoms with E-state index >= 15 is 0 Å². The third kappa shape index (κ3) is 2.70. The monoisotopic (exact) mass is 286 g/mol. The molecule has 0 radical (unpaired) electrons. The van der Waals surface area contributed by atoms with E-state index in [0.29, 0.717) is 0 Å². The van der Waals surface area contributed by atoms with Gasteiger partial charge in [0.15, 0.2) is 0 Å². The topological polar surface area (TPSA) is 15.3 Å². The van der Waals surface area contributed by atoms with Crippen LogP contribution in [0.2, 0.25) is 0 Å². The summed E-state index contributed by atoms with van der Waals surface area (Å²) in [6.45, 7) is 4.60. The standard InChI is InChI=1S/C19H30N2/c1-4-14-8-6-9-15(5-2)19(14)21-17-10-7-11-18(21)13-16(12-17)20-3/h6,8-9,16-18,20H,4-5,7,10-13H2,1-3H3. The second-order valence-corrected chi connectivity index (χ2v) is 6.73. The van der Waals surface area contributed by atoms with Gasteiger partial charge in [-0.1, -0.05) is 32.0 Å². The van der Waals surface area contributed by atoms with E-state index in [1.165, 1.54) is 32.1 Å². The van der Waals surface area contributed by atoms with Crippen LogP contribution in [0, 0.1) is 0 Å². The van der Waals surface area contributed by atoms with Crippen molar-refractivity contribution in [1.82, 2.24) is 5.32 Å². The van der Waals surface area contributed by atoms with Gasteiger partial charge in [0, 0.05) is 23.8 Å². The Bertz CT molecular complexity index is 446. The summed E-state index contributed by atoms with van der Waals surface area (Å²) in [5.74, 6) is 0. The van der Waals surface area contributed by atoms with Crippen LogP contribution in [0.15, 0.2) is 18.2 Å². The Morgan fingerprint density at radius 1 is 1.05 bits per heavy atom. The van der Waals surface area contributed by atoms with Crippen LogP contribution in [0.4, 0.5) is 5.69 Å². The zero-order valence-corrected chi connectivity index (χ0v) is 13.9. The molecule has 1 aromatic rings. The smallest absolute Gasteiger partial charge is 0.0436 e. The Labute approximate surface area is 129 Å². The molecule has 2 bridgehead atoms. The quantitative estimate of drug-likeness (QED) is 0.902. The second-order valence-electron chi connectivity index (χ2n) is 6.73. The van der Waals surface area contributed by atoms with Crippen molar-refractivity contribution in [2.75, 3.05) is 11.9 Å². The van der Waals surface area contributed by atoms with Crippen molar-refractivity contribution in [3.63, 3.8) is 0 Å². The molecule has 0 spiro atoms. The summed E-state index contributed by atoms with van der Waals surface area (Å²) in [5.41, 5.74) is 4.69. The fourth-order valence-corrected chi connectivity index (χ4v) is 4.53. The number of fused-ring (bicyclic) bond motifs is 2. The summed E-state index contributed by atoms with van der Waals surface area (Å²) < 4.78 is 0. The van der Waals surface area contributed by atoms with Crippen LogP contribution in [-0.4, -0.2) is 25.2 Å². The molecule has 1 aromatic carbocycles. The normalized spacial score (nSPS) is 28.7. The van der Waals surface area contributed by atoms with Gasteiger partial charge in [0.05, 0.1) is 0 Å². The minimum Gasteiger partial charge on any atom is -0.365 e. The fraction of sp³-hybridized carbons (Fsp3) is 0.684. The average molecular weight is 286 g/mol. The van der Waals surface area contributed by atoms with Gasteiger partial charge in [0.25, 0.3) is 0 Å². The van der Waals surface area contributed by atoms with Gasteiger partial charge in [-0.05, 0) is 63.1 Å². The molecule has 0 saturated carbocycles. The van der Waals surface area contributed by atoms with Crippen LogP contribution >= 0.6 is 0 Å². The molecular formula is C19H30N2. The van der Waals surface area contributed by atoms with E-state index in [0.717, 1.165) is 31.0 Å². The van der Waals surface area contributed by atoms with Crippen LogP contribution in [0.1, 0.15) is 57.1 Å². The number of rotatable bonds is 4. The summed E-state index contributed by atoms with van der Waals surface area (Å²) in [4.78, 5) is 2.83. The molecule has 2 fully saturated rings. The first-order valence-electron chi connectivity index (χ1n) is 8.84. The van der Waals surface area contributed by atoms with Gasteiger partial charge < -0.3 is 10.2 Å². The predicted octanol–water partition coefficient (Wildman–Crippen LogP) is 3.92. The summed E-state index contributed by atoms with van der Waals surface area (Å²) in [6, 6.07) is 9.14. The molecule has 0 aromatic heterocycles. The number of para-hydroxylation sites is 1. The molecule has 2 unspecified atom stereocenters. The van der Waals surface area contributed by atoms with E-state index < -0.39 is 0 Å². The molecule has 0 amide bonds. The van der Waals surface area contributed by atoms with Crippen molar-refractivity contribution >= 4 is 5.69 Å². The molecular weight excluding hydrogens is 256 g/mol. The highest BCUT2D eigenvalue weighted by Crippen LogP contribution is 2.41. The van der Waals surface area contributed by atoms with Crippen LogP contribution < -0.4 is 10.2 Å². The van der Waals surface area contributed by atoms with Crippen LogP contribution in [0.25, 0.3) is 0 Å². The lowest BCUT2D eigenvalue weighted by molar-refractivity contribution is 0.252. The first kappa shape index (κ1) is 14.9. The van der Waals surface area contributed by atoms with Crippen LogP contribution in [0.3, 0.4) is 0 Å². The molecule has 2 heteroatoms. The van der Waals surface area contributed by atoms with E-state index in [2.05, 4.69) is 49.3 Å². The zero-order valence-electron chi connectivity index (χ0n) is 13.9. The highest BCUT2D eigenvalue weighted by molar-refractivity contribution is 5.62. The molecule has 2 heterocycles. The Morgan fingerprint density at radius 3 is 2.10 bits per heavy atom. The fourth-order valence-electron chi connectivity index (χ4n) is 4.53. The number of anilines is 1. The SMILES string of the molecule is CCc1cccc(CC)c1N1C2CCCC1CC(NC)C2. The van der Waals surface area contributed by atoms with E-state index in [-0.39, 0.29) is 0 Å². The number of nitrogens with zero attached hydrogens (tertiary/aromatic N) is 1. The number of aryl methyl sites for hydroxylation is 2. The number of hydrogen-bond acceptors (Lipinski definition) is 2. The molecule has 21 heavy (non-hydrogen) atoms. The van der Waals surface area contributed by atoms with Gasteiger partial charge in [-0.15, -0.1) is 0 Å². The van der Waals surface area contributed by atoms with Crippen molar-refractivity contribution in [1.29, 1.82) is 0 Å². The van der Waals surface area contributed by atoms with Gasteiger partial charge >= 0.3 is 0 Å². The van der Waals surface area contributed by atoms with Crippen LogP contribution in [-0.2, 0) is 12.8 Å².